The lowest BCUT2D eigenvalue weighted by Crippen LogP contribution is -2.48. The van der Waals surface area contributed by atoms with Crippen LogP contribution in [0.4, 0.5) is 18.0 Å². The smallest absolute Gasteiger partial charge is 0.419 e. The number of aromatic nitrogens is 1. The van der Waals surface area contributed by atoms with Crippen LogP contribution in [0.15, 0.2) is 36.5 Å². The number of esters is 1. The van der Waals surface area contributed by atoms with Gasteiger partial charge in [0, 0.05) is 55.9 Å². The second-order valence-electron chi connectivity index (χ2n) is 11.7. The second-order valence-corrected chi connectivity index (χ2v) is 12.1. The van der Waals surface area contributed by atoms with Gasteiger partial charge in [0.25, 0.3) is 0 Å². The molecule has 0 unspecified atom stereocenters. The van der Waals surface area contributed by atoms with Crippen molar-refractivity contribution in [2.45, 2.75) is 58.5 Å². The van der Waals surface area contributed by atoms with E-state index in [1.807, 2.05) is 19.1 Å². The minimum atomic E-state index is -4.26. The average Bonchev–Trinajstić information content (AvgIpc) is 3.38. The monoisotopic (exact) mass is 623 g/mol. The van der Waals surface area contributed by atoms with E-state index in [1.165, 1.54) is 11.7 Å². The molecule has 0 aliphatic carbocycles. The first-order chi connectivity index (χ1) is 20.1. The van der Waals surface area contributed by atoms with Crippen LogP contribution in [0.3, 0.4) is 0 Å². The zero-order chi connectivity index (χ0) is 31.7. The number of nitrogens with zero attached hydrogens (tertiary/aromatic N) is 3. The fraction of sp³-hybridized carbons (Fsp3) is 0.484. The number of benzene rings is 2. The lowest BCUT2D eigenvalue weighted by atomic mass is 9.98. The molecule has 8 nitrogen and oxygen atoms in total. The molecule has 1 aromatic heterocycles. The minimum absolute atomic E-state index is 0.126. The fourth-order valence-electron chi connectivity index (χ4n) is 5.46. The maximum Gasteiger partial charge on any atom is 0.419 e. The molecule has 0 amide bonds. The minimum Gasteiger partial charge on any atom is -0.496 e. The quantitative estimate of drug-likeness (QED) is 0.263. The number of carbonyl (C=O) groups is 2. The molecular formula is C31H37ClF3N3O5. The maximum atomic E-state index is 13.1. The summed E-state index contributed by atoms with van der Waals surface area (Å²) in [5.41, 5.74) is 2.62. The van der Waals surface area contributed by atoms with E-state index in [9.17, 15) is 22.8 Å². The molecule has 0 bridgehead atoms. The molecule has 1 atom stereocenters. The average molecular weight is 624 g/mol. The Balaban J connectivity index is 1.74. The van der Waals surface area contributed by atoms with Crippen molar-refractivity contribution >= 4 is 34.6 Å². The number of ether oxygens (including phenoxy) is 3. The van der Waals surface area contributed by atoms with Crippen molar-refractivity contribution in [1.29, 1.82) is 0 Å². The van der Waals surface area contributed by atoms with E-state index in [0.29, 0.717) is 37.4 Å². The van der Waals surface area contributed by atoms with Crippen molar-refractivity contribution in [3.8, 4) is 5.75 Å². The molecular weight excluding hydrogens is 587 g/mol. The van der Waals surface area contributed by atoms with Crippen LogP contribution in [0.25, 0.3) is 10.9 Å². The number of rotatable bonds is 7. The number of carbonyl (C=O) groups excluding carboxylic acids is 2. The zero-order valence-electron chi connectivity index (χ0n) is 25.2. The number of aryl methyl sites for hydroxylation is 1. The van der Waals surface area contributed by atoms with Crippen molar-refractivity contribution in [2.24, 2.45) is 0 Å². The number of halogens is 4. The second kappa shape index (κ2) is 12.8. The largest absolute Gasteiger partial charge is 0.496 e. The highest BCUT2D eigenvalue weighted by atomic mass is 35.5. The third kappa shape index (κ3) is 7.63. The van der Waals surface area contributed by atoms with E-state index in [2.05, 4.69) is 4.90 Å². The van der Waals surface area contributed by atoms with Gasteiger partial charge in [0.05, 0.1) is 36.7 Å². The van der Waals surface area contributed by atoms with E-state index in [4.69, 9.17) is 25.8 Å². The van der Waals surface area contributed by atoms with Crippen molar-refractivity contribution in [3.63, 3.8) is 0 Å². The summed E-state index contributed by atoms with van der Waals surface area (Å²) in [5.74, 6) is 0.0504. The van der Waals surface area contributed by atoms with E-state index < -0.39 is 30.3 Å². The van der Waals surface area contributed by atoms with Gasteiger partial charge in [-0.05, 0) is 63.1 Å². The first kappa shape index (κ1) is 32.6. The topological polar surface area (TPSA) is 73.2 Å². The SMILES string of the molecule is COC(=O)c1ccc([C@@H]2CN(CCC(F)(F)F)CCN2Cc2c(OC)cc(C)c3c2ccn3C(=O)OC(C)(C)C)cc1Cl. The van der Waals surface area contributed by atoms with E-state index in [0.717, 1.165) is 22.1 Å². The number of hydrogen-bond acceptors (Lipinski definition) is 7. The Morgan fingerprint density at radius 2 is 1.79 bits per heavy atom. The summed E-state index contributed by atoms with van der Waals surface area (Å²) in [6.07, 6.45) is -4.00. The van der Waals surface area contributed by atoms with Crippen LogP contribution >= 0.6 is 11.6 Å². The normalized spacial score (nSPS) is 16.8. The van der Waals surface area contributed by atoms with Gasteiger partial charge in [-0.2, -0.15) is 13.2 Å². The Labute approximate surface area is 254 Å². The van der Waals surface area contributed by atoms with E-state index in [-0.39, 0.29) is 23.2 Å². The van der Waals surface area contributed by atoms with Gasteiger partial charge in [0.1, 0.15) is 11.4 Å². The van der Waals surface area contributed by atoms with Crippen LogP contribution in [0.1, 0.15) is 60.3 Å². The molecule has 3 aromatic rings. The zero-order valence-corrected chi connectivity index (χ0v) is 25.9. The number of alkyl halides is 3. The molecule has 234 valence electrons. The van der Waals surface area contributed by atoms with Crippen LogP contribution in [-0.2, 0) is 16.0 Å². The molecule has 0 spiro atoms. The van der Waals surface area contributed by atoms with Crippen LogP contribution in [-0.4, -0.2) is 78.6 Å². The van der Waals surface area contributed by atoms with Gasteiger partial charge >= 0.3 is 18.2 Å². The Kier molecular flexibility index (Phi) is 9.68. The van der Waals surface area contributed by atoms with Crippen molar-refractivity contribution in [3.05, 3.63) is 63.8 Å². The first-order valence-corrected chi connectivity index (χ1v) is 14.3. The number of piperazine rings is 1. The molecule has 43 heavy (non-hydrogen) atoms. The van der Waals surface area contributed by atoms with Gasteiger partial charge in [-0.15, -0.1) is 0 Å². The summed E-state index contributed by atoms with van der Waals surface area (Å²) < 4.78 is 56.9. The molecule has 1 aliphatic heterocycles. The number of fused-ring (bicyclic) bond motifs is 1. The van der Waals surface area contributed by atoms with Crippen LogP contribution in [0.5, 0.6) is 5.75 Å². The van der Waals surface area contributed by atoms with Gasteiger partial charge in [-0.3, -0.25) is 14.4 Å². The molecule has 2 heterocycles. The lowest BCUT2D eigenvalue weighted by molar-refractivity contribution is -0.139. The van der Waals surface area contributed by atoms with Crippen molar-refractivity contribution in [2.75, 3.05) is 40.4 Å². The Morgan fingerprint density at radius 1 is 1.07 bits per heavy atom. The van der Waals surface area contributed by atoms with Crippen molar-refractivity contribution in [1.82, 2.24) is 14.4 Å². The van der Waals surface area contributed by atoms with Gasteiger partial charge in [-0.1, -0.05) is 17.7 Å². The fourth-order valence-corrected chi connectivity index (χ4v) is 5.73. The molecule has 12 heteroatoms. The molecule has 0 saturated carbocycles. The summed E-state index contributed by atoms with van der Waals surface area (Å²) >= 11 is 6.46. The summed E-state index contributed by atoms with van der Waals surface area (Å²) in [6.45, 7) is 8.76. The third-order valence-corrected chi connectivity index (χ3v) is 7.78. The van der Waals surface area contributed by atoms with E-state index in [1.54, 1.807) is 57.2 Å². The Hall–Kier alpha value is -3.28. The molecule has 1 fully saturated rings. The van der Waals surface area contributed by atoms with Crippen LogP contribution in [0, 0.1) is 6.92 Å². The van der Waals surface area contributed by atoms with Crippen LogP contribution < -0.4 is 4.74 Å². The Bertz CT molecular complexity index is 1500. The van der Waals surface area contributed by atoms with Gasteiger partial charge in [0.15, 0.2) is 0 Å². The predicted octanol–water partition coefficient (Wildman–Crippen LogP) is 6.99. The molecule has 4 rings (SSSR count). The molecule has 0 radical (unpaired) electrons. The van der Waals surface area contributed by atoms with Crippen LogP contribution in [0.2, 0.25) is 5.02 Å². The van der Waals surface area contributed by atoms with E-state index >= 15 is 0 Å². The van der Waals surface area contributed by atoms with Gasteiger partial charge in [0.2, 0.25) is 0 Å². The summed E-state index contributed by atoms with van der Waals surface area (Å²) in [6, 6.07) is 8.36. The van der Waals surface area contributed by atoms with Crippen molar-refractivity contribution < 1.29 is 37.0 Å². The van der Waals surface area contributed by atoms with Gasteiger partial charge in [-0.25, -0.2) is 9.59 Å². The highest BCUT2D eigenvalue weighted by Gasteiger charge is 2.34. The highest BCUT2D eigenvalue weighted by Crippen LogP contribution is 2.37. The number of methoxy groups -OCH3 is 2. The molecule has 1 aliphatic rings. The summed E-state index contributed by atoms with van der Waals surface area (Å²) in [7, 11) is 2.84. The molecule has 1 saturated heterocycles. The predicted molar refractivity (Wildman–Crippen MR) is 158 cm³/mol. The summed E-state index contributed by atoms with van der Waals surface area (Å²) in [4.78, 5) is 29.1. The summed E-state index contributed by atoms with van der Waals surface area (Å²) in [5, 5.41) is 1.00. The highest BCUT2D eigenvalue weighted by molar-refractivity contribution is 6.33. The number of hydrogen-bond donors (Lipinski definition) is 0. The standard InChI is InChI=1S/C31H37ClF3N3O5/c1-19-15-26(41-5)23(21-9-11-38(27(19)21)29(40)43-30(2,3)4)17-37-14-13-36(12-10-31(33,34)35)18-25(37)20-7-8-22(24(32)16-20)28(39)42-6/h7-9,11,15-16,25H,10,12-14,17-18H2,1-6H3/t25-/m0/s1. The Morgan fingerprint density at radius 3 is 2.40 bits per heavy atom. The lowest BCUT2D eigenvalue weighted by Gasteiger charge is -2.42. The van der Waals surface area contributed by atoms with Gasteiger partial charge < -0.3 is 14.2 Å². The molecule has 2 aromatic carbocycles. The first-order valence-electron chi connectivity index (χ1n) is 13.9. The third-order valence-electron chi connectivity index (χ3n) is 7.47. The molecule has 0 N–H and O–H groups in total. The maximum absolute atomic E-state index is 13.1.